The van der Waals surface area contributed by atoms with Crippen LogP contribution in [0.15, 0.2) is 24.3 Å². The largest absolute Gasteiger partial charge is 0.480 e. The van der Waals surface area contributed by atoms with Gasteiger partial charge in [-0.3, -0.25) is 9.59 Å². The molecule has 1 aliphatic heterocycles. The molecule has 1 heterocycles. The molecule has 1 aromatic rings. The van der Waals surface area contributed by atoms with E-state index in [9.17, 15) is 19.5 Å². The monoisotopic (exact) mass is 402 g/mol. The molecule has 3 N–H and O–H groups in total. The van der Waals surface area contributed by atoms with Crippen molar-refractivity contribution in [2.75, 3.05) is 6.54 Å². The van der Waals surface area contributed by atoms with E-state index in [1.165, 1.54) is 4.90 Å². The van der Waals surface area contributed by atoms with Gasteiger partial charge in [-0.05, 0) is 40.3 Å². The molecule has 0 spiro atoms. The number of halogens is 1. The third-order valence-corrected chi connectivity index (χ3v) is 4.28. The van der Waals surface area contributed by atoms with Crippen LogP contribution >= 0.6 is 22.6 Å². The summed E-state index contributed by atoms with van der Waals surface area (Å²) >= 11 is 2.16. The summed E-state index contributed by atoms with van der Waals surface area (Å²) in [6.07, 6.45) is 0.204. The Bertz CT molecular complexity index is 573. The van der Waals surface area contributed by atoms with Crippen molar-refractivity contribution in [3.05, 3.63) is 33.4 Å². The molecule has 6 nitrogen and oxygen atoms in total. The van der Waals surface area contributed by atoms with E-state index in [0.29, 0.717) is 0 Å². The SMILES string of the molecule is NC(=O)C1CC(=O)N(C(Cc2ccc(I)cc2)C(=O)O)C1. The van der Waals surface area contributed by atoms with Crippen molar-refractivity contribution in [3.8, 4) is 0 Å². The summed E-state index contributed by atoms with van der Waals surface area (Å²) in [6.45, 7) is 0.0789. The van der Waals surface area contributed by atoms with Gasteiger partial charge in [-0.1, -0.05) is 12.1 Å². The fourth-order valence-electron chi connectivity index (χ4n) is 2.40. The van der Waals surface area contributed by atoms with E-state index in [2.05, 4.69) is 22.6 Å². The molecule has 1 aliphatic rings. The summed E-state index contributed by atoms with van der Waals surface area (Å²) in [6, 6.07) is 6.47. The van der Waals surface area contributed by atoms with E-state index in [-0.39, 0.29) is 25.3 Å². The Morgan fingerprint density at radius 3 is 2.48 bits per heavy atom. The first-order valence-electron chi connectivity index (χ1n) is 6.44. The van der Waals surface area contributed by atoms with Crippen molar-refractivity contribution in [1.29, 1.82) is 0 Å². The molecule has 1 aromatic carbocycles. The van der Waals surface area contributed by atoms with Crippen LogP contribution in [0, 0.1) is 9.49 Å². The van der Waals surface area contributed by atoms with Gasteiger partial charge in [0.15, 0.2) is 0 Å². The third-order valence-electron chi connectivity index (χ3n) is 3.56. The highest BCUT2D eigenvalue weighted by Gasteiger charge is 2.39. The van der Waals surface area contributed by atoms with E-state index in [4.69, 9.17) is 5.73 Å². The van der Waals surface area contributed by atoms with Crippen molar-refractivity contribution >= 4 is 40.4 Å². The average Bonchev–Trinajstić information content (AvgIpc) is 2.80. The van der Waals surface area contributed by atoms with Crippen LogP contribution in [0.4, 0.5) is 0 Å². The smallest absolute Gasteiger partial charge is 0.326 e. The minimum absolute atomic E-state index is 0.00813. The Hall–Kier alpha value is -1.64. The Morgan fingerprint density at radius 2 is 2.00 bits per heavy atom. The third kappa shape index (κ3) is 3.72. The number of nitrogens with zero attached hydrogens (tertiary/aromatic N) is 1. The normalized spacial score (nSPS) is 19.6. The summed E-state index contributed by atoms with van der Waals surface area (Å²) in [5, 5.41) is 9.38. The van der Waals surface area contributed by atoms with Gasteiger partial charge in [0.05, 0.1) is 5.92 Å². The first kappa shape index (κ1) is 15.7. The van der Waals surface area contributed by atoms with Gasteiger partial charge in [0, 0.05) is 23.0 Å². The molecule has 0 bridgehead atoms. The number of benzene rings is 1. The number of hydrogen-bond acceptors (Lipinski definition) is 3. The molecular weight excluding hydrogens is 387 g/mol. The van der Waals surface area contributed by atoms with E-state index >= 15 is 0 Å². The van der Waals surface area contributed by atoms with Gasteiger partial charge in [-0.25, -0.2) is 4.79 Å². The number of amides is 2. The van der Waals surface area contributed by atoms with E-state index in [0.717, 1.165) is 9.13 Å². The second kappa shape index (κ2) is 6.42. The molecule has 0 aromatic heterocycles. The lowest BCUT2D eigenvalue weighted by molar-refractivity contribution is -0.148. The van der Waals surface area contributed by atoms with Crippen LogP contribution in [0.3, 0.4) is 0 Å². The summed E-state index contributed by atoms with van der Waals surface area (Å²) in [4.78, 5) is 35.8. The summed E-state index contributed by atoms with van der Waals surface area (Å²) in [7, 11) is 0. The number of carbonyl (C=O) groups excluding carboxylic acids is 2. The summed E-state index contributed by atoms with van der Waals surface area (Å²) in [5.41, 5.74) is 6.03. The minimum Gasteiger partial charge on any atom is -0.480 e. The number of carboxylic acid groups (broad SMARTS) is 1. The second-order valence-corrected chi connectivity index (χ2v) is 6.28. The fourth-order valence-corrected chi connectivity index (χ4v) is 2.76. The zero-order chi connectivity index (χ0) is 15.6. The molecule has 21 heavy (non-hydrogen) atoms. The predicted molar refractivity (Wildman–Crippen MR) is 83.3 cm³/mol. The Labute approximate surface area is 135 Å². The van der Waals surface area contributed by atoms with Crippen LogP contribution in [-0.4, -0.2) is 40.4 Å². The number of likely N-dealkylation sites (tertiary alicyclic amines) is 1. The van der Waals surface area contributed by atoms with Crippen LogP contribution in [-0.2, 0) is 20.8 Å². The molecule has 0 radical (unpaired) electrons. The zero-order valence-electron chi connectivity index (χ0n) is 11.2. The molecule has 2 amide bonds. The van der Waals surface area contributed by atoms with Crippen LogP contribution in [0.5, 0.6) is 0 Å². The summed E-state index contributed by atoms with van der Waals surface area (Å²) in [5.74, 6) is -2.58. The molecule has 2 rings (SSSR count). The molecule has 7 heteroatoms. The van der Waals surface area contributed by atoms with E-state index < -0.39 is 23.8 Å². The minimum atomic E-state index is -1.08. The molecular formula is C14H15IN2O4. The second-order valence-electron chi connectivity index (χ2n) is 5.03. The average molecular weight is 402 g/mol. The maximum Gasteiger partial charge on any atom is 0.326 e. The molecule has 0 aliphatic carbocycles. The van der Waals surface area contributed by atoms with Crippen molar-refractivity contribution in [2.45, 2.75) is 18.9 Å². The zero-order valence-corrected chi connectivity index (χ0v) is 13.3. The Morgan fingerprint density at radius 1 is 1.38 bits per heavy atom. The molecule has 112 valence electrons. The number of nitrogens with two attached hydrogens (primary N) is 1. The first-order valence-corrected chi connectivity index (χ1v) is 7.52. The highest BCUT2D eigenvalue weighted by Crippen LogP contribution is 2.22. The van der Waals surface area contributed by atoms with Crippen LogP contribution in [0.25, 0.3) is 0 Å². The van der Waals surface area contributed by atoms with Gasteiger partial charge >= 0.3 is 5.97 Å². The number of carbonyl (C=O) groups is 3. The number of hydrogen-bond donors (Lipinski definition) is 2. The van der Waals surface area contributed by atoms with Crippen LogP contribution in [0.1, 0.15) is 12.0 Å². The number of aliphatic carboxylic acids is 1. The fraction of sp³-hybridized carbons (Fsp3) is 0.357. The molecule has 1 saturated heterocycles. The standard InChI is InChI=1S/C14H15IN2O4/c15-10-3-1-8(2-4-10)5-11(14(20)21)17-7-9(13(16)19)6-12(17)18/h1-4,9,11H,5-7H2,(H2,16,19)(H,20,21). The van der Waals surface area contributed by atoms with Crippen LogP contribution < -0.4 is 5.73 Å². The van der Waals surface area contributed by atoms with Crippen molar-refractivity contribution in [1.82, 2.24) is 4.90 Å². The maximum atomic E-state index is 11.9. The predicted octanol–water partition coefficient (Wildman–Crippen LogP) is 0.621. The molecule has 2 atom stereocenters. The van der Waals surface area contributed by atoms with E-state index in [1.54, 1.807) is 0 Å². The molecule has 2 unspecified atom stereocenters. The van der Waals surface area contributed by atoms with Gasteiger partial charge in [-0.2, -0.15) is 0 Å². The quantitative estimate of drug-likeness (QED) is 0.706. The lowest BCUT2D eigenvalue weighted by Gasteiger charge is -2.24. The van der Waals surface area contributed by atoms with Crippen molar-refractivity contribution in [3.63, 3.8) is 0 Å². The highest BCUT2D eigenvalue weighted by molar-refractivity contribution is 14.1. The highest BCUT2D eigenvalue weighted by atomic mass is 127. The van der Waals surface area contributed by atoms with Gasteiger partial charge in [0.2, 0.25) is 11.8 Å². The Kier molecular flexibility index (Phi) is 4.81. The Balaban J connectivity index is 2.16. The number of primary amides is 1. The topological polar surface area (TPSA) is 101 Å². The van der Waals surface area contributed by atoms with Gasteiger partial charge in [0.25, 0.3) is 0 Å². The van der Waals surface area contributed by atoms with Crippen molar-refractivity contribution < 1.29 is 19.5 Å². The van der Waals surface area contributed by atoms with E-state index in [1.807, 2.05) is 24.3 Å². The lowest BCUT2D eigenvalue weighted by Crippen LogP contribution is -2.44. The molecule has 1 fully saturated rings. The first-order chi connectivity index (χ1) is 9.88. The maximum absolute atomic E-state index is 11.9. The van der Waals surface area contributed by atoms with Gasteiger partial charge in [0.1, 0.15) is 6.04 Å². The number of rotatable bonds is 5. The van der Waals surface area contributed by atoms with Gasteiger partial charge < -0.3 is 15.7 Å². The molecule has 0 saturated carbocycles. The van der Waals surface area contributed by atoms with Crippen molar-refractivity contribution in [2.24, 2.45) is 11.7 Å². The summed E-state index contributed by atoms with van der Waals surface area (Å²) < 4.78 is 1.05. The van der Waals surface area contributed by atoms with Crippen LogP contribution in [0.2, 0.25) is 0 Å². The van der Waals surface area contributed by atoms with Gasteiger partial charge in [-0.15, -0.1) is 0 Å². The lowest BCUT2D eigenvalue weighted by atomic mass is 10.0. The number of carboxylic acids is 1.